The van der Waals surface area contributed by atoms with Crippen LogP contribution < -0.4 is 0 Å². The first-order chi connectivity index (χ1) is 17.5. The summed E-state index contributed by atoms with van der Waals surface area (Å²) in [6, 6.07) is 0. The monoisotopic (exact) mass is 523 g/mol. The lowest BCUT2D eigenvalue weighted by atomic mass is 10.0. The van der Waals surface area contributed by atoms with E-state index in [2.05, 4.69) is 0 Å². The van der Waals surface area contributed by atoms with Gasteiger partial charge in [0.15, 0.2) is 0 Å². The number of carbonyl (C=O) groups is 6. The van der Waals surface area contributed by atoms with Gasteiger partial charge in [-0.25, -0.2) is 0 Å². The second-order valence-electron chi connectivity index (χ2n) is 8.88. The molecule has 37 heavy (non-hydrogen) atoms. The SMILES string of the molecule is O=C(O)CN(CCN(CC(=O)O)CC(=O)O)CC(=O)O.O=C1C=C(N2CC2)C(=O)C(N2CC2)=C1N1CC1. The van der Waals surface area contributed by atoms with Crippen molar-refractivity contribution in [3.05, 3.63) is 23.2 Å². The van der Waals surface area contributed by atoms with Gasteiger partial charge in [0.05, 0.1) is 31.9 Å². The van der Waals surface area contributed by atoms with Crippen molar-refractivity contribution in [2.75, 3.05) is 78.5 Å². The summed E-state index contributed by atoms with van der Waals surface area (Å²) in [5.41, 5.74) is 1.89. The molecular formula is C22H29N5O10. The van der Waals surface area contributed by atoms with E-state index in [9.17, 15) is 28.8 Å². The van der Waals surface area contributed by atoms with E-state index >= 15 is 0 Å². The highest BCUT2D eigenvalue weighted by Crippen LogP contribution is 2.33. The summed E-state index contributed by atoms with van der Waals surface area (Å²) in [7, 11) is 0. The lowest BCUT2D eigenvalue weighted by molar-refractivity contribution is -0.145. The highest BCUT2D eigenvalue weighted by atomic mass is 16.4. The first-order valence-electron chi connectivity index (χ1n) is 11.6. The zero-order chi connectivity index (χ0) is 27.3. The number of rotatable bonds is 14. The van der Waals surface area contributed by atoms with Crippen LogP contribution in [0.15, 0.2) is 23.2 Å². The van der Waals surface area contributed by atoms with Crippen LogP contribution in [0.25, 0.3) is 0 Å². The van der Waals surface area contributed by atoms with Gasteiger partial charge in [0.1, 0.15) is 11.4 Å². The van der Waals surface area contributed by atoms with Crippen LogP contribution in [-0.4, -0.2) is 159 Å². The molecule has 3 fully saturated rings. The second-order valence-corrected chi connectivity index (χ2v) is 8.88. The highest BCUT2D eigenvalue weighted by Gasteiger charge is 2.43. The van der Waals surface area contributed by atoms with Crippen molar-refractivity contribution in [2.45, 2.75) is 0 Å². The van der Waals surface area contributed by atoms with Crippen LogP contribution in [0.4, 0.5) is 0 Å². The van der Waals surface area contributed by atoms with E-state index in [0.717, 1.165) is 49.1 Å². The summed E-state index contributed by atoms with van der Waals surface area (Å²) in [5, 5.41) is 34.5. The molecule has 3 aliphatic heterocycles. The van der Waals surface area contributed by atoms with Crippen molar-refractivity contribution in [3.63, 3.8) is 0 Å². The van der Waals surface area contributed by atoms with Crippen molar-refractivity contribution in [1.82, 2.24) is 24.5 Å². The van der Waals surface area contributed by atoms with Gasteiger partial charge in [-0.3, -0.25) is 38.6 Å². The minimum Gasteiger partial charge on any atom is -0.480 e. The van der Waals surface area contributed by atoms with Crippen LogP contribution in [0.1, 0.15) is 0 Å². The number of nitrogens with zero attached hydrogens (tertiary/aromatic N) is 5. The number of ketones is 2. The van der Waals surface area contributed by atoms with Gasteiger partial charge in [-0.15, -0.1) is 0 Å². The molecule has 3 heterocycles. The molecule has 1 aliphatic carbocycles. The van der Waals surface area contributed by atoms with Gasteiger partial charge in [0, 0.05) is 58.4 Å². The van der Waals surface area contributed by atoms with Crippen LogP contribution in [0.5, 0.6) is 0 Å². The smallest absolute Gasteiger partial charge is 0.317 e. The standard InChI is InChI=1S/C12H13N3O2.C10H16N2O8/c16-9-7-8(13-1-2-13)12(17)11(15-5-6-15)10(9)14-3-4-14;13-7(14)3-11(4-8(15)16)1-2-12(5-9(17)18)6-10(19)20/h7H,1-6H2;1-6H2,(H,13,14)(H,15,16)(H,17,18)(H,19,20). The molecule has 0 bridgehead atoms. The number of allylic oxidation sites excluding steroid dienone is 1. The minimum atomic E-state index is -1.23. The molecule has 0 saturated carbocycles. The number of hydrogen-bond acceptors (Lipinski definition) is 11. The highest BCUT2D eigenvalue weighted by molar-refractivity contribution is 6.22. The second kappa shape index (κ2) is 11.8. The fourth-order valence-electron chi connectivity index (χ4n) is 3.75. The molecule has 4 N–H and O–H groups in total. The Morgan fingerprint density at radius 1 is 0.622 bits per heavy atom. The Balaban J connectivity index is 0.000000206. The third-order valence-electron chi connectivity index (χ3n) is 5.66. The molecule has 0 aromatic rings. The normalized spacial score (nSPS) is 18.0. The predicted octanol–water partition coefficient (Wildman–Crippen LogP) is -2.89. The molecule has 0 radical (unpaired) electrons. The largest absolute Gasteiger partial charge is 0.480 e. The topological polar surface area (TPSA) is 199 Å². The third kappa shape index (κ3) is 8.57. The Labute approximate surface area is 211 Å². The van der Waals surface area contributed by atoms with E-state index in [1.54, 1.807) is 0 Å². The van der Waals surface area contributed by atoms with Gasteiger partial charge in [-0.1, -0.05) is 0 Å². The first-order valence-corrected chi connectivity index (χ1v) is 11.6. The van der Waals surface area contributed by atoms with Gasteiger partial charge in [-0.2, -0.15) is 0 Å². The number of carbonyl (C=O) groups excluding carboxylic acids is 2. The van der Waals surface area contributed by atoms with E-state index < -0.39 is 50.1 Å². The third-order valence-corrected chi connectivity index (χ3v) is 5.66. The Morgan fingerprint density at radius 2 is 0.973 bits per heavy atom. The molecule has 0 spiro atoms. The van der Waals surface area contributed by atoms with E-state index in [1.807, 2.05) is 14.7 Å². The summed E-state index contributed by atoms with van der Waals surface area (Å²) in [4.78, 5) is 74.8. The molecule has 0 atom stereocenters. The molecule has 4 aliphatic rings. The van der Waals surface area contributed by atoms with Gasteiger partial charge in [-0.05, 0) is 0 Å². The maximum Gasteiger partial charge on any atom is 0.317 e. The minimum absolute atomic E-state index is 0.00546. The first kappa shape index (κ1) is 27.6. The molecule has 0 aromatic heterocycles. The predicted molar refractivity (Wildman–Crippen MR) is 123 cm³/mol. The quantitative estimate of drug-likeness (QED) is 0.133. The van der Waals surface area contributed by atoms with Crippen LogP contribution in [0.2, 0.25) is 0 Å². The number of carboxylic acids is 4. The molecular weight excluding hydrogens is 494 g/mol. The van der Waals surface area contributed by atoms with Crippen molar-refractivity contribution >= 4 is 35.4 Å². The van der Waals surface area contributed by atoms with Crippen LogP contribution >= 0.6 is 0 Å². The summed E-state index contributed by atoms with van der Waals surface area (Å²) < 4.78 is 0. The molecule has 0 unspecified atom stereocenters. The molecule has 0 amide bonds. The lowest BCUT2D eigenvalue weighted by Crippen LogP contribution is -2.43. The maximum atomic E-state index is 12.4. The van der Waals surface area contributed by atoms with Gasteiger partial charge >= 0.3 is 23.9 Å². The van der Waals surface area contributed by atoms with Crippen LogP contribution in [0.3, 0.4) is 0 Å². The number of Topliss-reactive ketones (excluding diaryl/α,β-unsaturated/α-hetero) is 1. The zero-order valence-electron chi connectivity index (χ0n) is 20.0. The lowest BCUT2D eigenvalue weighted by Gasteiger charge is -2.23. The van der Waals surface area contributed by atoms with Crippen LogP contribution in [0, 0.1) is 0 Å². The Morgan fingerprint density at radius 3 is 1.30 bits per heavy atom. The van der Waals surface area contributed by atoms with Crippen molar-refractivity contribution in [2.24, 2.45) is 0 Å². The molecule has 15 heteroatoms. The molecule has 202 valence electrons. The Hall–Kier alpha value is -3.98. The molecule has 0 aromatic carbocycles. The van der Waals surface area contributed by atoms with Gasteiger partial charge in [0.2, 0.25) is 11.6 Å². The molecule has 3 saturated heterocycles. The van der Waals surface area contributed by atoms with Crippen molar-refractivity contribution in [1.29, 1.82) is 0 Å². The summed E-state index contributed by atoms with van der Waals surface area (Å²) >= 11 is 0. The fraction of sp³-hybridized carbons (Fsp3) is 0.545. The average Bonchev–Trinajstić information content (AvgIpc) is 3.62. The number of hydrogen-bond donors (Lipinski definition) is 4. The average molecular weight is 523 g/mol. The van der Waals surface area contributed by atoms with Crippen LogP contribution in [-0.2, 0) is 28.8 Å². The summed E-state index contributed by atoms with van der Waals surface area (Å²) in [6.45, 7) is 3.16. The Bertz CT molecular complexity index is 974. The van der Waals surface area contributed by atoms with Gasteiger partial charge in [0.25, 0.3) is 0 Å². The van der Waals surface area contributed by atoms with E-state index in [0.29, 0.717) is 17.1 Å². The van der Waals surface area contributed by atoms with E-state index in [1.165, 1.54) is 6.08 Å². The number of aliphatic carboxylic acids is 4. The van der Waals surface area contributed by atoms with Gasteiger partial charge < -0.3 is 35.1 Å². The van der Waals surface area contributed by atoms with Crippen molar-refractivity contribution in [3.8, 4) is 0 Å². The summed E-state index contributed by atoms with van der Waals surface area (Å²) in [5.74, 6) is -4.86. The Kier molecular flexibility index (Phi) is 8.83. The zero-order valence-corrected chi connectivity index (χ0v) is 20.0. The molecule has 15 nitrogen and oxygen atoms in total. The summed E-state index contributed by atoms with van der Waals surface area (Å²) in [6.07, 6.45) is 1.52. The van der Waals surface area contributed by atoms with E-state index in [-0.39, 0.29) is 24.7 Å². The van der Waals surface area contributed by atoms with E-state index in [4.69, 9.17) is 20.4 Å². The maximum absolute atomic E-state index is 12.4. The number of carboxylic acid groups (broad SMARTS) is 4. The molecule has 4 rings (SSSR count). The fourth-order valence-corrected chi connectivity index (χ4v) is 3.75. The van der Waals surface area contributed by atoms with Crippen molar-refractivity contribution < 1.29 is 49.2 Å².